The minimum atomic E-state index is -0.119. The molecule has 0 saturated carbocycles. The van der Waals surface area contributed by atoms with E-state index in [-0.39, 0.29) is 12.5 Å². The third-order valence-corrected chi connectivity index (χ3v) is 2.76. The summed E-state index contributed by atoms with van der Waals surface area (Å²) in [6.45, 7) is 5.18. The standard InChI is InChI=1S/C14H21N3O2S/c1-10-6-11(2)8-12(7-10)17-14(20)16-9-13(18)15-4-5-19-3/h6-8H,4-5,9H2,1-3H3,(H,15,18)(H2,16,17,20). The number of carbonyl (C=O) groups excluding carboxylic acids is 1. The zero-order valence-electron chi connectivity index (χ0n) is 12.1. The van der Waals surface area contributed by atoms with Crippen LogP contribution in [0.5, 0.6) is 0 Å². The molecule has 0 saturated heterocycles. The molecule has 3 N–H and O–H groups in total. The number of anilines is 1. The van der Waals surface area contributed by atoms with Gasteiger partial charge in [-0.15, -0.1) is 0 Å². The number of methoxy groups -OCH3 is 1. The van der Waals surface area contributed by atoms with E-state index in [1.807, 2.05) is 26.0 Å². The molecule has 0 spiro atoms. The van der Waals surface area contributed by atoms with Crippen LogP contribution < -0.4 is 16.0 Å². The van der Waals surface area contributed by atoms with Crippen LogP contribution in [0.25, 0.3) is 0 Å². The van der Waals surface area contributed by atoms with Gasteiger partial charge in [0.05, 0.1) is 13.2 Å². The van der Waals surface area contributed by atoms with Crippen molar-refractivity contribution in [2.45, 2.75) is 13.8 Å². The quantitative estimate of drug-likeness (QED) is 0.546. The van der Waals surface area contributed by atoms with Crippen molar-refractivity contribution in [3.8, 4) is 0 Å². The lowest BCUT2D eigenvalue weighted by molar-refractivity contribution is -0.120. The molecule has 6 heteroatoms. The first-order valence-electron chi connectivity index (χ1n) is 6.40. The molecule has 0 atom stereocenters. The molecule has 0 radical (unpaired) electrons. The fourth-order valence-electron chi connectivity index (χ4n) is 1.74. The molecule has 0 aliphatic carbocycles. The van der Waals surface area contributed by atoms with Gasteiger partial charge in [-0.05, 0) is 49.3 Å². The predicted octanol–water partition coefficient (Wildman–Crippen LogP) is 1.35. The summed E-state index contributed by atoms with van der Waals surface area (Å²) >= 11 is 5.15. The number of carbonyl (C=O) groups is 1. The number of ether oxygens (including phenoxy) is 1. The minimum absolute atomic E-state index is 0.119. The Hall–Kier alpha value is -1.66. The van der Waals surface area contributed by atoms with Crippen LogP contribution in [0.3, 0.4) is 0 Å². The highest BCUT2D eigenvalue weighted by atomic mass is 32.1. The lowest BCUT2D eigenvalue weighted by atomic mass is 10.1. The highest BCUT2D eigenvalue weighted by Crippen LogP contribution is 2.13. The molecule has 20 heavy (non-hydrogen) atoms. The second kappa shape index (κ2) is 8.50. The molecule has 110 valence electrons. The van der Waals surface area contributed by atoms with Crippen molar-refractivity contribution in [3.63, 3.8) is 0 Å². The average Bonchev–Trinajstić information content (AvgIpc) is 2.35. The number of hydrogen-bond acceptors (Lipinski definition) is 3. The molecule has 0 aromatic heterocycles. The third kappa shape index (κ3) is 6.49. The first kappa shape index (κ1) is 16.4. The Bertz CT molecular complexity index is 457. The summed E-state index contributed by atoms with van der Waals surface area (Å²) in [6, 6.07) is 6.09. The fourth-order valence-corrected chi connectivity index (χ4v) is 1.93. The summed E-state index contributed by atoms with van der Waals surface area (Å²) in [5.74, 6) is -0.119. The van der Waals surface area contributed by atoms with Crippen LogP contribution >= 0.6 is 12.2 Å². The number of rotatable bonds is 6. The van der Waals surface area contributed by atoms with E-state index in [4.69, 9.17) is 17.0 Å². The Morgan fingerprint density at radius 1 is 1.20 bits per heavy atom. The van der Waals surface area contributed by atoms with Crippen molar-refractivity contribution in [2.75, 3.05) is 32.1 Å². The number of nitrogens with one attached hydrogen (secondary N) is 3. The van der Waals surface area contributed by atoms with E-state index in [1.165, 1.54) is 0 Å². The summed E-state index contributed by atoms with van der Waals surface area (Å²) in [5, 5.41) is 9.06. The fraction of sp³-hybridized carbons (Fsp3) is 0.429. The van der Waals surface area contributed by atoms with Crippen molar-refractivity contribution in [1.29, 1.82) is 0 Å². The van der Waals surface area contributed by atoms with Crippen LogP contribution in [0.2, 0.25) is 0 Å². The van der Waals surface area contributed by atoms with E-state index in [0.717, 1.165) is 16.8 Å². The predicted molar refractivity (Wildman–Crippen MR) is 85.0 cm³/mol. The monoisotopic (exact) mass is 295 g/mol. The molecular weight excluding hydrogens is 274 g/mol. The molecule has 1 aromatic rings. The maximum atomic E-state index is 11.5. The second-order valence-electron chi connectivity index (χ2n) is 4.53. The number of benzene rings is 1. The van der Waals surface area contributed by atoms with E-state index < -0.39 is 0 Å². The Balaban J connectivity index is 2.34. The van der Waals surface area contributed by atoms with E-state index >= 15 is 0 Å². The molecule has 1 aromatic carbocycles. The Labute approximate surface area is 125 Å². The molecule has 0 heterocycles. The molecule has 0 fully saturated rings. The number of thiocarbonyl (C=S) groups is 1. The molecule has 5 nitrogen and oxygen atoms in total. The Morgan fingerprint density at radius 2 is 1.85 bits per heavy atom. The van der Waals surface area contributed by atoms with Gasteiger partial charge in [0.15, 0.2) is 5.11 Å². The van der Waals surface area contributed by atoms with Crippen LogP contribution in [-0.2, 0) is 9.53 Å². The Kier molecular flexibility index (Phi) is 6.97. The van der Waals surface area contributed by atoms with Crippen molar-refractivity contribution in [1.82, 2.24) is 10.6 Å². The zero-order chi connectivity index (χ0) is 15.0. The number of hydrogen-bond donors (Lipinski definition) is 3. The number of aryl methyl sites for hydroxylation is 2. The van der Waals surface area contributed by atoms with Crippen LogP contribution in [0, 0.1) is 13.8 Å². The topological polar surface area (TPSA) is 62.4 Å². The first-order valence-corrected chi connectivity index (χ1v) is 6.81. The summed E-state index contributed by atoms with van der Waals surface area (Å²) < 4.78 is 4.85. The van der Waals surface area contributed by atoms with E-state index in [9.17, 15) is 4.79 Å². The lowest BCUT2D eigenvalue weighted by Gasteiger charge is -2.12. The van der Waals surface area contributed by atoms with E-state index in [2.05, 4.69) is 22.0 Å². The zero-order valence-corrected chi connectivity index (χ0v) is 12.9. The average molecular weight is 295 g/mol. The van der Waals surface area contributed by atoms with Gasteiger partial charge in [-0.25, -0.2) is 0 Å². The molecule has 1 amide bonds. The summed E-state index contributed by atoms with van der Waals surface area (Å²) in [5.41, 5.74) is 3.24. The van der Waals surface area contributed by atoms with Gasteiger partial charge < -0.3 is 20.7 Å². The van der Waals surface area contributed by atoms with Gasteiger partial charge in [0.2, 0.25) is 5.91 Å². The SMILES string of the molecule is COCCNC(=O)CNC(=S)Nc1cc(C)cc(C)c1. The highest BCUT2D eigenvalue weighted by molar-refractivity contribution is 7.80. The van der Waals surface area contributed by atoms with Crippen molar-refractivity contribution in [3.05, 3.63) is 29.3 Å². The van der Waals surface area contributed by atoms with Gasteiger partial charge in [-0.2, -0.15) is 0 Å². The smallest absolute Gasteiger partial charge is 0.239 e. The lowest BCUT2D eigenvalue weighted by Crippen LogP contribution is -2.39. The Morgan fingerprint density at radius 3 is 2.45 bits per heavy atom. The highest BCUT2D eigenvalue weighted by Gasteiger charge is 2.03. The van der Waals surface area contributed by atoms with Crippen molar-refractivity contribution in [2.24, 2.45) is 0 Å². The normalized spacial score (nSPS) is 9.95. The van der Waals surface area contributed by atoms with Crippen LogP contribution in [-0.4, -0.2) is 37.8 Å². The van der Waals surface area contributed by atoms with Gasteiger partial charge in [-0.3, -0.25) is 4.79 Å². The summed E-state index contributed by atoms with van der Waals surface area (Å²) in [6.07, 6.45) is 0. The largest absolute Gasteiger partial charge is 0.383 e. The maximum Gasteiger partial charge on any atom is 0.239 e. The summed E-state index contributed by atoms with van der Waals surface area (Å²) in [4.78, 5) is 11.5. The van der Waals surface area contributed by atoms with Crippen molar-refractivity contribution >= 4 is 28.9 Å². The van der Waals surface area contributed by atoms with Crippen LogP contribution in [0.15, 0.2) is 18.2 Å². The van der Waals surface area contributed by atoms with Gasteiger partial charge in [0, 0.05) is 19.3 Å². The van der Waals surface area contributed by atoms with Crippen LogP contribution in [0.1, 0.15) is 11.1 Å². The second-order valence-corrected chi connectivity index (χ2v) is 4.94. The molecular formula is C14H21N3O2S. The van der Waals surface area contributed by atoms with Crippen molar-refractivity contribution < 1.29 is 9.53 Å². The van der Waals surface area contributed by atoms with Gasteiger partial charge in [0.25, 0.3) is 0 Å². The van der Waals surface area contributed by atoms with Gasteiger partial charge >= 0.3 is 0 Å². The third-order valence-electron chi connectivity index (χ3n) is 2.52. The number of amides is 1. The minimum Gasteiger partial charge on any atom is -0.383 e. The van der Waals surface area contributed by atoms with Gasteiger partial charge in [0.1, 0.15) is 0 Å². The molecule has 0 aliphatic heterocycles. The summed E-state index contributed by atoms with van der Waals surface area (Å²) in [7, 11) is 1.59. The molecule has 1 rings (SSSR count). The molecule has 0 bridgehead atoms. The van der Waals surface area contributed by atoms with Crippen LogP contribution in [0.4, 0.5) is 5.69 Å². The molecule has 0 unspecified atom stereocenters. The van der Waals surface area contributed by atoms with E-state index in [1.54, 1.807) is 7.11 Å². The maximum absolute atomic E-state index is 11.5. The van der Waals surface area contributed by atoms with E-state index in [0.29, 0.717) is 18.3 Å². The van der Waals surface area contributed by atoms with Gasteiger partial charge in [-0.1, -0.05) is 6.07 Å². The first-order chi connectivity index (χ1) is 9.51. The molecule has 0 aliphatic rings.